The second kappa shape index (κ2) is 7.62. The van der Waals surface area contributed by atoms with Crippen LogP contribution in [0.3, 0.4) is 0 Å². The summed E-state index contributed by atoms with van der Waals surface area (Å²) >= 11 is 11.9. The number of para-hydroxylation sites is 1. The predicted molar refractivity (Wildman–Crippen MR) is 77.5 cm³/mol. The molecule has 1 aromatic carbocycles. The van der Waals surface area contributed by atoms with Crippen LogP contribution in [0.2, 0.25) is 10.0 Å². The Morgan fingerprint density at radius 1 is 1.28 bits per heavy atom. The maximum absolute atomic E-state index is 11.7. The van der Waals surface area contributed by atoms with E-state index in [-0.39, 0.29) is 5.91 Å². The molecule has 0 spiro atoms. The van der Waals surface area contributed by atoms with Gasteiger partial charge in [0.15, 0.2) is 0 Å². The minimum atomic E-state index is -0.0736. The highest BCUT2D eigenvalue weighted by Gasteiger charge is 2.09. The lowest BCUT2D eigenvalue weighted by atomic mass is 10.2. The van der Waals surface area contributed by atoms with Crippen molar-refractivity contribution in [1.29, 1.82) is 0 Å². The summed E-state index contributed by atoms with van der Waals surface area (Å²) in [5.74, 6) is -0.0736. The summed E-state index contributed by atoms with van der Waals surface area (Å²) in [6.45, 7) is 4.97. The largest absolute Gasteiger partial charge is 0.324 e. The molecule has 0 aromatic heterocycles. The van der Waals surface area contributed by atoms with Gasteiger partial charge in [-0.2, -0.15) is 0 Å². The summed E-state index contributed by atoms with van der Waals surface area (Å²) in [5.41, 5.74) is 0.489. The Kier molecular flexibility index (Phi) is 6.47. The highest BCUT2D eigenvalue weighted by molar-refractivity contribution is 6.39. The number of hydrogen-bond donors (Lipinski definition) is 2. The third-order valence-corrected chi connectivity index (χ3v) is 2.99. The van der Waals surface area contributed by atoms with Crippen molar-refractivity contribution in [2.75, 3.05) is 11.9 Å². The molecule has 0 heterocycles. The van der Waals surface area contributed by atoms with Crippen LogP contribution in [0, 0.1) is 0 Å². The van der Waals surface area contributed by atoms with E-state index in [0.29, 0.717) is 28.2 Å². The molecule has 0 fully saturated rings. The molecule has 0 atom stereocenters. The molecule has 0 radical (unpaired) electrons. The van der Waals surface area contributed by atoms with Gasteiger partial charge < -0.3 is 10.6 Å². The molecule has 0 bridgehead atoms. The molecule has 0 aliphatic carbocycles. The monoisotopic (exact) mass is 288 g/mol. The van der Waals surface area contributed by atoms with Crippen LogP contribution in [0.1, 0.15) is 26.7 Å². The minimum absolute atomic E-state index is 0.0736. The van der Waals surface area contributed by atoms with Crippen LogP contribution in [0.25, 0.3) is 0 Å². The fourth-order valence-electron chi connectivity index (χ4n) is 1.46. The van der Waals surface area contributed by atoms with Gasteiger partial charge in [0.05, 0.1) is 15.7 Å². The number of anilines is 1. The highest BCUT2D eigenvalue weighted by Crippen LogP contribution is 2.29. The normalized spacial score (nSPS) is 10.7. The molecule has 2 N–H and O–H groups in total. The standard InChI is InChI=1S/C13H18Cl2N2O/c1-9(2)16-8-4-7-12(18)17-13-10(14)5-3-6-11(13)15/h3,5-6,9,16H,4,7-8H2,1-2H3,(H,17,18). The highest BCUT2D eigenvalue weighted by atomic mass is 35.5. The number of amides is 1. The molecule has 0 saturated heterocycles. The molecule has 5 heteroatoms. The third kappa shape index (κ3) is 5.25. The first-order chi connectivity index (χ1) is 8.50. The molecule has 0 aliphatic heterocycles. The van der Waals surface area contributed by atoms with Crippen LogP contribution in [0.4, 0.5) is 5.69 Å². The third-order valence-electron chi connectivity index (χ3n) is 2.36. The van der Waals surface area contributed by atoms with Gasteiger partial charge in [0.1, 0.15) is 0 Å². The molecule has 18 heavy (non-hydrogen) atoms. The lowest BCUT2D eigenvalue weighted by molar-refractivity contribution is -0.116. The number of halogens is 2. The molecular formula is C13H18Cl2N2O. The number of benzene rings is 1. The van der Waals surface area contributed by atoms with E-state index in [1.807, 2.05) is 0 Å². The predicted octanol–water partition coefficient (Wildman–Crippen LogP) is 3.71. The second-order valence-corrected chi connectivity index (χ2v) is 5.17. The Balaban J connectivity index is 2.40. The second-order valence-electron chi connectivity index (χ2n) is 4.36. The van der Waals surface area contributed by atoms with E-state index >= 15 is 0 Å². The molecular weight excluding hydrogens is 271 g/mol. The van der Waals surface area contributed by atoms with Gasteiger partial charge in [-0.15, -0.1) is 0 Å². The van der Waals surface area contributed by atoms with Crippen LogP contribution >= 0.6 is 23.2 Å². The van der Waals surface area contributed by atoms with Crippen molar-refractivity contribution in [2.45, 2.75) is 32.7 Å². The summed E-state index contributed by atoms with van der Waals surface area (Å²) in [6.07, 6.45) is 1.23. The van der Waals surface area contributed by atoms with Gasteiger partial charge in [-0.3, -0.25) is 4.79 Å². The van der Waals surface area contributed by atoms with Gasteiger partial charge >= 0.3 is 0 Å². The van der Waals surface area contributed by atoms with E-state index in [9.17, 15) is 4.79 Å². The average Bonchev–Trinajstić information content (AvgIpc) is 2.29. The zero-order chi connectivity index (χ0) is 13.5. The smallest absolute Gasteiger partial charge is 0.224 e. The molecule has 0 unspecified atom stereocenters. The van der Waals surface area contributed by atoms with Crippen LogP contribution < -0.4 is 10.6 Å². The van der Waals surface area contributed by atoms with E-state index < -0.39 is 0 Å². The summed E-state index contributed by atoms with van der Waals surface area (Å²) in [6, 6.07) is 5.57. The van der Waals surface area contributed by atoms with E-state index in [0.717, 1.165) is 13.0 Å². The Labute approximate surface area is 118 Å². The van der Waals surface area contributed by atoms with Gasteiger partial charge in [-0.25, -0.2) is 0 Å². The topological polar surface area (TPSA) is 41.1 Å². The van der Waals surface area contributed by atoms with Crippen molar-refractivity contribution in [2.24, 2.45) is 0 Å². The van der Waals surface area contributed by atoms with Crippen LogP contribution in [-0.2, 0) is 4.79 Å². The van der Waals surface area contributed by atoms with Gasteiger partial charge in [-0.1, -0.05) is 43.1 Å². The molecule has 1 amide bonds. The first-order valence-electron chi connectivity index (χ1n) is 5.98. The van der Waals surface area contributed by atoms with E-state index in [1.165, 1.54) is 0 Å². The molecule has 3 nitrogen and oxygen atoms in total. The Hall–Kier alpha value is -0.770. The molecule has 100 valence electrons. The summed E-state index contributed by atoms with van der Waals surface area (Å²) in [7, 11) is 0. The van der Waals surface area contributed by atoms with Crippen LogP contribution in [0.15, 0.2) is 18.2 Å². The van der Waals surface area contributed by atoms with Gasteiger partial charge in [0.25, 0.3) is 0 Å². The van der Waals surface area contributed by atoms with E-state index in [4.69, 9.17) is 23.2 Å². The molecule has 1 aromatic rings. The summed E-state index contributed by atoms with van der Waals surface area (Å²) < 4.78 is 0. The lowest BCUT2D eigenvalue weighted by Crippen LogP contribution is -2.24. The first kappa shape index (κ1) is 15.3. The van der Waals surface area contributed by atoms with Gasteiger partial charge in [0, 0.05) is 12.5 Å². The Bertz CT molecular complexity index is 388. The number of nitrogens with one attached hydrogen (secondary N) is 2. The number of carbonyl (C=O) groups excluding carboxylic acids is 1. The summed E-state index contributed by atoms with van der Waals surface area (Å²) in [4.78, 5) is 11.7. The van der Waals surface area contributed by atoms with Crippen molar-refractivity contribution in [3.05, 3.63) is 28.2 Å². The molecule has 0 saturated carbocycles. The fourth-order valence-corrected chi connectivity index (χ4v) is 1.95. The number of hydrogen-bond acceptors (Lipinski definition) is 2. The molecule has 1 rings (SSSR count). The average molecular weight is 289 g/mol. The zero-order valence-electron chi connectivity index (χ0n) is 10.6. The van der Waals surface area contributed by atoms with Gasteiger partial charge in [-0.05, 0) is 25.1 Å². The van der Waals surface area contributed by atoms with Crippen molar-refractivity contribution in [3.8, 4) is 0 Å². The summed E-state index contributed by atoms with van der Waals surface area (Å²) in [5, 5.41) is 6.90. The van der Waals surface area contributed by atoms with Crippen molar-refractivity contribution < 1.29 is 4.79 Å². The first-order valence-corrected chi connectivity index (χ1v) is 6.73. The van der Waals surface area contributed by atoms with Gasteiger partial charge in [0.2, 0.25) is 5.91 Å². The number of rotatable bonds is 6. The Morgan fingerprint density at radius 3 is 2.44 bits per heavy atom. The quantitative estimate of drug-likeness (QED) is 0.784. The SMILES string of the molecule is CC(C)NCCCC(=O)Nc1c(Cl)cccc1Cl. The maximum Gasteiger partial charge on any atom is 0.224 e. The van der Waals surface area contributed by atoms with Crippen molar-refractivity contribution >= 4 is 34.8 Å². The Morgan fingerprint density at radius 2 is 1.89 bits per heavy atom. The molecule has 0 aliphatic rings. The van der Waals surface area contributed by atoms with Crippen LogP contribution in [-0.4, -0.2) is 18.5 Å². The van der Waals surface area contributed by atoms with Crippen molar-refractivity contribution in [1.82, 2.24) is 5.32 Å². The maximum atomic E-state index is 11.7. The van der Waals surface area contributed by atoms with E-state index in [1.54, 1.807) is 18.2 Å². The zero-order valence-corrected chi connectivity index (χ0v) is 12.1. The lowest BCUT2D eigenvalue weighted by Gasteiger charge is -2.10. The number of carbonyl (C=O) groups is 1. The van der Waals surface area contributed by atoms with Crippen molar-refractivity contribution in [3.63, 3.8) is 0 Å². The fraction of sp³-hybridized carbons (Fsp3) is 0.462. The van der Waals surface area contributed by atoms with E-state index in [2.05, 4.69) is 24.5 Å². The minimum Gasteiger partial charge on any atom is -0.324 e. The van der Waals surface area contributed by atoms with Crippen LogP contribution in [0.5, 0.6) is 0 Å².